The van der Waals surface area contributed by atoms with E-state index in [4.69, 9.17) is 9.62 Å². The molecule has 2 aromatic rings. The van der Waals surface area contributed by atoms with Gasteiger partial charge >= 0.3 is 0 Å². The summed E-state index contributed by atoms with van der Waals surface area (Å²) in [6.45, 7) is 7.46. The summed E-state index contributed by atoms with van der Waals surface area (Å²) in [4.78, 5) is 18.7. The van der Waals surface area contributed by atoms with Crippen molar-refractivity contribution in [2.75, 3.05) is 6.54 Å². The number of aromatic nitrogens is 4. The van der Waals surface area contributed by atoms with Crippen LogP contribution in [-0.2, 0) is 30.8 Å². The maximum Gasteiger partial charge on any atom is 0.240 e. The molecular formula is C19H28N6O2. The lowest BCUT2D eigenvalue weighted by Gasteiger charge is -2.16. The normalized spacial score (nSPS) is 17.7. The van der Waals surface area contributed by atoms with Gasteiger partial charge in [-0.15, -0.1) is 0 Å². The fourth-order valence-corrected chi connectivity index (χ4v) is 3.37. The lowest BCUT2D eigenvalue weighted by atomic mass is 10.2. The van der Waals surface area contributed by atoms with Crippen LogP contribution < -0.4 is 5.32 Å². The lowest BCUT2D eigenvalue weighted by molar-refractivity contribution is -0.121. The fraction of sp³-hybridized carbons (Fsp3) is 0.684. The first-order valence-corrected chi connectivity index (χ1v) is 9.96. The number of hydrogen-bond donors (Lipinski definition) is 1. The molecule has 0 unspecified atom stereocenters. The number of amides is 1. The molecule has 146 valence electrons. The van der Waals surface area contributed by atoms with Crippen LogP contribution >= 0.6 is 0 Å². The molecule has 0 aromatic carbocycles. The van der Waals surface area contributed by atoms with Gasteiger partial charge in [-0.25, -0.2) is 0 Å². The standard InChI is InChI=1S/C19H28N6O2/c1-13(2)19-21-18(27-23-19)12-24-8-3-9-25-16(11-24)10-15(22-25)6-7-17(26)20-14-4-5-14/h10,13-14H,3-9,11-12H2,1-2H3,(H,20,26). The molecule has 1 amide bonds. The average molecular weight is 372 g/mol. The van der Waals surface area contributed by atoms with Crippen molar-refractivity contribution in [1.82, 2.24) is 30.1 Å². The highest BCUT2D eigenvalue weighted by molar-refractivity contribution is 5.76. The summed E-state index contributed by atoms with van der Waals surface area (Å²) in [5.41, 5.74) is 2.19. The highest BCUT2D eigenvalue weighted by Crippen LogP contribution is 2.20. The Balaban J connectivity index is 1.34. The zero-order chi connectivity index (χ0) is 18.8. The van der Waals surface area contributed by atoms with E-state index in [2.05, 4.69) is 45.0 Å². The van der Waals surface area contributed by atoms with Gasteiger partial charge in [-0.3, -0.25) is 14.4 Å². The van der Waals surface area contributed by atoms with E-state index in [1.165, 1.54) is 5.69 Å². The zero-order valence-corrected chi connectivity index (χ0v) is 16.1. The Bertz CT molecular complexity index is 792. The van der Waals surface area contributed by atoms with Crippen molar-refractivity contribution in [3.8, 4) is 0 Å². The minimum Gasteiger partial charge on any atom is -0.353 e. The Labute approximate surface area is 159 Å². The highest BCUT2D eigenvalue weighted by atomic mass is 16.5. The molecule has 27 heavy (non-hydrogen) atoms. The van der Waals surface area contributed by atoms with Gasteiger partial charge in [-0.1, -0.05) is 19.0 Å². The van der Waals surface area contributed by atoms with Crippen LogP contribution in [0.25, 0.3) is 0 Å². The van der Waals surface area contributed by atoms with Gasteiger partial charge in [0.1, 0.15) is 0 Å². The van der Waals surface area contributed by atoms with E-state index in [9.17, 15) is 4.79 Å². The van der Waals surface area contributed by atoms with Crippen molar-refractivity contribution in [3.05, 3.63) is 29.2 Å². The summed E-state index contributed by atoms with van der Waals surface area (Å²) in [5.74, 6) is 1.84. The van der Waals surface area contributed by atoms with Crippen molar-refractivity contribution >= 4 is 5.91 Å². The van der Waals surface area contributed by atoms with E-state index in [0.29, 0.717) is 31.3 Å². The minimum atomic E-state index is 0.139. The van der Waals surface area contributed by atoms with Crippen LogP contribution in [0, 0.1) is 0 Å². The molecule has 4 rings (SSSR count). The molecular weight excluding hydrogens is 344 g/mol. The Morgan fingerprint density at radius 1 is 1.37 bits per heavy atom. The van der Waals surface area contributed by atoms with E-state index in [-0.39, 0.29) is 11.8 Å². The number of carbonyl (C=O) groups is 1. The summed E-state index contributed by atoms with van der Waals surface area (Å²) >= 11 is 0. The molecule has 2 aromatic heterocycles. The Morgan fingerprint density at radius 2 is 2.22 bits per heavy atom. The molecule has 1 aliphatic heterocycles. The van der Waals surface area contributed by atoms with Gasteiger partial charge in [-0.2, -0.15) is 10.1 Å². The van der Waals surface area contributed by atoms with E-state index in [0.717, 1.165) is 50.4 Å². The summed E-state index contributed by atoms with van der Waals surface area (Å²) in [5, 5.41) is 11.8. The minimum absolute atomic E-state index is 0.139. The third kappa shape index (κ3) is 4.74. The maximum absolute atomic E-state index is 11.9. The van der Waals surface area contributed by atoms with Gasteiger partial charge in [0.05, 0.1) is 17.9 Å². The predicted octanol–water partition coefficient (Wildman–Crippen LogP) is 2.01. The van der Waals surface area contributed by atoms with Crippen LogP contribution in [-0.4, -0.2) is 43.3 Å². The summed E-state index contributed by atoms with van der Waals surface area (Å²) in [6.07, 6.45) is 4.48. The number of hydrogen-bond acceptors (Lipinski definition) is 6. The first kappa shape index (κ1) is 18.2. The Hall–Kier alpha value is -2.22. The van der Waals surface area contributed by atoms with E-state index < -0.39 is 0 Å². The van der Waals surface area contributed by atoms with Crippen LogP contribution in [0.5, 0.6) is 0 Å². The van der Waals surface area contributed by atoms with Crippen LogP contribution in [0.4, 0.5) is 0 Å². The maximum atomic E-state index is 11.9. The fourth-order valence-electron chi connectivity index (χ4n) is 3.37. The molecule has 0 radical (unpaired) electrons. The number of fused-ring (bicyclic) bond motifs is 1. The van der Waals surface area contributed by atoms with Gasteiger partial charge in [-0.05, 0) is 25.3 Å². The molecule has 8 heteroatoms. The van der Waals surface area contributed by atoms with E-state index >= 15 is 0 Å². The second-order valence-electron chi connectivity index (χ2n) is 7.96. The van der Waals surface area contributed by atoms with Gasteiger partial charge in [0.15, 0.2) is 5.82 Å². The molecule has 0 atom stereocenters. The van der Waals surface area contributed by atoms with E-state index in [1.54, 1.807) is 0 Å². The molecule has 0 spiro atoms. The van der Waals surface area contributed by atoms with Gasteiger partial charge in [0.2, 0.25) is 11.8 Å². The summed E-state index contributed by atoms with van der Waals surface area (Å²) in [7, 11) is 0. The zero-order valence-electron chi connectivity index (χ0n) is 16.1. The molecule has 3 heterocycles. The van der Waals surface area contributed by atoms with Crippen molar-refractivity contribution in [2.45, 2.75) is 77.5 Å². The van der Waals surface area contributed by atoms with Crippen molar-refractivity contribution in [1.29, 1.82) is 0 Å². The third-order valence-electron chi connectivity index (χ3n) is 5.05. The van der Waals surface area contributed by atoms with Crippen LogP contribution in [0.3, 0.4) is 0 Å². The summed E-state index contributed by atoms with van der Waals surface area (Å²) in [6, 6.07) is 2.56. The van der Waals surface area contributed by atoms with Crippen molar-refractivity contribution in [2.24, 2.45) is 0 Å². The van der Waals surface area contributed by atoms with Crippen LogP contribution in [0.1, 0.15) is 68.6 Å². The van der Waals surface area contributed by atoms with Gasteiger partial charge in [0, 0.05) is 44.4 Å². The molecule has 1 N–H and O–H groups in total. The third-order valence-corrected chi connectivity index (χ3v) is 5.05. The average Bonchev–Trinajstić information content (AvgIpc) is 3.22. The monoisotopic (exact) mass is 372 g/mol. The van der Waals surface area contributed by atoms with Gasteiger partial charge < -0.3 is 9.84 Å². The number of nitrogens with one attached hydrogen (secondary N) is 1. The largest absolute Gasteiger partial charge is 0.353 e. The van der Waals surface area contributed by atoms with Gasteiger partial charge in [0.25, 0.3) is 0 Å². The quantitative estimate of drug-likeness (QED) is 0.800. The van der Waals surface area contributed by atoms with Crippen molar-refractivity contribution < 1.29 is 9.32 Å². The Morgan fingerprint density at radius 3 is 2.96 bits per heavy atom. The molecule has 2 aliphatic rings. The second-order valence-corrected chi connectivity index (χ2v) is 7.96. The highest BCUT2D eigenvalue weighted by Gasteiger charge is 2.23. The predicted molar refractivity (Wildman–Crippen MR) is 98.8 cm³/mol. The first-order chi connectivity index (χ1) is 13.1. The molecule has 1 fully saturated rings. The SMILES string of the molecule is CC(C)c1noc(CN2CCCn3nc(CCC(=O)NC4CC4)cc3C2)n1. The van der Waals surface area contributed by atoms with Crippen LogP contribution in [0.2, 0.25) is 0 Å². The van der Waals surface area contributed by atoms with Crippen LogP contribution in [0.15, 0.2) is 10.6 Å². The molecule has 1 aliphatic carbocycles. The Kier molecular flexibility index (Phi) is 5.24. The number of aryl methyl sites for hydroxylation is 2. The molecule has 1 saturated carbocycles. The van der Waals surface area contributed by atoms with Crippen molar-refractivity contribution in [3.63, 3.8) is 0 Å². The number of rotatable bonds is 7. The smallest absolute Gasteiger partial charge is 0.240 e. The second kappa shape index (κ2) is 7.80. The molecule has 0 bridgehead atoms. The molecule has 8 nitrogen and oxygen atoms in total. The lowest BCUT2D eigenvalue weighted by Crippen LogP contribution is -2.25. The number of carbonyl (C=O) groups excluding carboxylic acids is 1. The first-order valence-electron chi connectivity index (χ1n) is 9.96. The number of nitrogens with zero attached hydrogens (tertiary/aromatic N) is 5. The molecule has 0 saturated heterocycles. The topological polar surface area (TPSA) is 89.1 Å². The van der Waals surface area contributed by atoms with E-state index in [1.807, 2.05) is 0 Å². The summed E-state index contributed by atoms with van der Waals surface area (Å²) < 4.78 is 7.48.